The maximum absolute atomic E-state index is 14.5. The molecule has 0 amide bonds. The fraction of sp³-hybridized carbons (Fsp3) is 0.312. The number of rotatable bonds is 4. The molecule has 0 saturated carbocycles. The fourth-order valence-electron chi connectivity index (χ4n) is 2.27. The second kappa shape index (κ2) is 4.85. The van der Waals surface area contributed by atoms with Gasteiger partial charge in [-0.1, -0.05) is 42.5 Å². The molecule has 0 unspecified atom stereocenters. The van der Waals surface area contributed by atoms with Crippen LogP contribution < -0.4 is 0 Å². The number of benzene rings is 2. The van der Waals surface area contributed by atoms with Gasteiger partial charge in [0.05, 0.1) is 5.41 Å². The predicted molar refractivity (Wildman–Crippen MR) is 73.9 cm³/mol. The molecule has 0 saturated heterocycles. The number of fused-ring (bicyclic) bond motifs is 1. The molecule has 0 atom stereocenters. The van der Waals surface area contributed by atoms with Crippen LogP contribution in [-0.4, -0.2) is 11.1 Å². The molecule has 4 heteroatoms. The molecule has 0 aliphatic carbocycles. The smallest absolute Gasteiger partial charge is 0.309 e. The zero-order valence-corrected chi connectivity index (χ0v) is 11.4. The Balaban J connectivity index is 2.49. The molecule has 2 rings (SSSR count). The lowest BCUT2D eigenvalue weighted by atomic mass is 9.83. The van der Waals surface area contributed by atoms with Crippen molar-refractivity contribution in [3.63, 3.8) is 0 Å². The Labute approximate surface area is 116 Å². The molecule has 0 fully saturated rings. The number of halogens is 2. The van der Waals surface area contributed by atoms with Crippen LogP contribution in [-0.2, 0) is 10.7 Å². The first-order chi connectivity index (χ1) is 9.24. The highest BCUT2D eigenvalue weighted by Gasteiger charge is 2.43. The van der Waals surface area contributed by atoms with Gasteiger partial charge in [-0.25, -0.2) is 8.78 Å². The molecule has 0 bridgehead atoms. The summed E-state index contributed by atoms with van der Waals surface area (Å²) in [5.41, 5.74) is -1.61. The Kier molecular flexibility index (Phi) is 3.50. The Bertz CT molecular complexity index is 642. The highest BCUT2D eigenvalue weighted by atomic mass is 19.3. The molecule has 0 heterocycles. The van der Waals surface area contributed by atoms with E-state index in [1.165, 1.54) is 19.9 Å². The largest absolute Gasteiger partial charge is 0.481 e. The van der Waals surface area contributed by atoms with Crippen LogP contribution in [0.15, 0.2) is 42.5 Å². The van der Waals surface area contributed by atoms with Crippen LogP contribution in [0, 0.1) is 5.41 Å². The maximum Gasteiger partial charge on any atom is 0.309 e. The number of hydrogen-bond donors (Lipinski definition) is 1. The third-order valence-electron chi connectivity index (χ3n) is 3.43. The van der Waals surface area contributed by atoms with E-state index >= 15 is 0 Å². The van der Waals surface area contributed by atoms with E-state index in [2.05, 4.69) is 0 Å². The zero-order chi connectivity index (χ0) is 15.0. The summed E-state index contributed by atoms with van der Waals surface area (Å²) in [6.45, 7) is 2.63. The van der Waals surface area contributed by atoms with Crippen molar-refractivity contribution >= 4 is 16.7 Å². The van der Waals surface area contributed by atoms with Gasteiger partial charge in [0.1, 0.15) is 0 Å². The van der Waals surface area contributed by atoms with Gasteiger partial charge in [0.15, 0.2) is 0 Å². The van der Waals surface area contributed by atoms with Gasteiger partial charge in [-0.3, -0.25) is 4.79 Å². The first-order valence-corrected chi connectivity index (χ1v) is 6.33. The number of aliphatic carboxylic acids is 1. The van der Waals surface area contributed by atoms with E-state index in [-0.39, 0.29) is 5.56 Å². The van der Waals surface area contributed by atoms with E-state index in [1.54, 1.807) is 36.4 Å². The van der Waals surface area contributed by atoms with Gasteiger partial charge in [0, 0.05) is 12.0 Å². The van der Waals surface area contributed by atoms with Crippen molar-refractivity contribution in [3.05, 3.63) is 48.0 Å². The molecular weight excluding hydrogens is 262 g/mol. The third-order valence-corrected chi connectivity index (χ3v) is 3.43. The van der Waals surface area contributed by atoms with Gasteiger partial charge < -0.3 is 5.11 Å². The Morgan fingerprint density at radius 3 is 2.35 bits per heavy atom. The standard InChI is InChI=1S/C16H16F2O2/c1-15(2,14(19)20)10-16(17,18)13-9-5-7-11-6-3-4-8-12(11)13/h3-9H,10H2,1-2H3,(H,19,20). The second-order valence-corrected chi connectivity index (χ2v) is 5.60. The Hall–Kier alpha value is -1.97. The number of carboxylic acid groups (broad SMARTS) is 1. The summed E-state index contributed by atoms with van der Waals surface area (Å²) in [6.07, 6.45) is -0.733. The van der Waals surface area contributed by atoms with Gasteiger partial charge in [0.25, 0.3) is 5.92 Å². The van der Waals surface area contributed by atoms with Crippen molar-refractivity contribution in [2.24, 2.45) is 5.41 Å². The Morgan fingerprint density at radius 1 is 1.10 bits per heavy atom. The summed E-state index contributed by atoms with van der Waals surface area (Å²) in [5, 5.41) is 10.2. The van der Waals surface area contributed by atoms with E-state index in [0.717, 1.165) is 5.39 Å². The quantitative estimate of drug-likeness (QED) is 0.898. The van der Waals surface area contributed by atoms with Crippen molar-refractivity contribution in [3.8, 4) is 0 Å². The van der Waals surface area contributed by atoms with E-state index in [1.807, 2.05) is 0 Å². The minimum atomic E-state index is -3.19. The van der Waals surface area contributed by atoms with Crippen LogP contribution in [0.4, 0.5) is 8.78 Å². The van der Waals surface area contributed by atoms with Gasteiger partial charge in [-0.2, -0.15) is 0 Å². The lowest BCUT2D eigenvalue weighted by molar-refractivity contribution is -0.153. The molecule has 0 spiro atoms. The maximum atomic E-state index is 14.5. The van der Waals surface area contributed by atoms with Crippen molar-refractivity contribution in [1.82, 2.24) is 0 Å². The summed E-state index contributed by atoms with van der Waals surface area (Å²) in [7, 11) is 0. The topological polar surface area (TPSA) is 37.3 Å². The molecule has 2 aromatic rings. The van der Waals surface area contributed by atoms with E-state index < -0.39 is 23.7 Å². The molecule has 0 radical (unpaired) electrons. The summed E-state index contributed by atoms with van der Waals surface area (Å²) >= 11 is 0. The highest BCUT2D eigenvalue weighted by molar-refractivity contribution is 5.86. The van der Waals surface area contributed by atoms with Crippen molar-refractivity contribution in [1.29, 1.82) is 0 Å². The molecule has 2 aromatic carbocycles. The summed E-state index contributed by atoms with van der Waals surface area (Å²) in [4.78, 5) is 11.1. The average molecular weight is 278 g/mol. The predicted octanol–water partition coefficient (Wildman–Crippen LogP) is 4.43. The molecule has 0 aliphatic heterocycles. The SMILES string of the molecule is CC(C)(CC(F)(F)c1cccc2ccccc12)C(=O)O. The fourth-order valence-corrected chi connectivity index (χ4v) is 2.27. The summed E-state index contributed by atoms with van der Waals surface area (Å²) in [5.74, 6) is -4.42. The van der Waals surface area contributed by atoms with E-state index in [9.17, 15) is 13.6 Å². The number of alkyl halides is 2. The lowest BCUT2D eigenvalue weighted by Gasteiger charge is -2.26. The molecule has 0 aliphatic rings. The minimum absolute atomic E-state index is 0.120. The molecule has 20 heavy (non-hydrogen) atoms. The molecule has 106 valence electrons. The zero-order valence-electron chi connectivity index (χ0n) is 11.4. The second-order valence-electron chi connectivity index (χ2n) is 5.60. The highest BCUT2D eigenvalue weighted by Crippen LogP contribution is 2.42. The number of hydrogen-bond acceptors (Lipinski definition) is 1. The van der Waals surface area contributed by atoms with Crippen molar-refractivity contribution in [2.75, 3.05) is 0 Å². The van der Waals surface area contributed by atoms with Gasteiger partial charge in [0.2, 0.25) is 0 Å². The van der Waals surface area contributed by atoms with Crippen LogP contribution in [0.5, 0.6) is 0 Å². The summed E-state index contributed by atoms with van der Waals surface area (Å²) in [6, 6.07) is 11.6. The summed E-state index contributed by atoms with van der Waals surface area (Å²) < 4.78 is 29.0. The van der Waals surface area contributed by atoms with Crippen molar-refractivity contribution in [2.45, 2.75) is 26.2 Å². The average Bonchev–Trinajstić information content (AvgIpc) is 2.36. The van der Waals surface area contributed by atoms with Crippen LogP contribution in [0.3, 0.4) is 0 Å². The van der Waals surface area contributed by atoms with Gasteiger partial charge in [-0.05, 0) is 24.6 Å². The molecule has 2 nitrogen and oxygen atoms in total. The number of carboxylic acids is 1. The van der Waals surface area contributed by atoms with E-state index in [4.69, 9.17) is 5.11 Å². The lowest BCUT2D eigenvalue weighted by Crippen LogP contribution is -2.31. The monoisotopic (exact) mass is 278 g/mol. The van der Waals surface area contributed by atoms with Crippen LogP contribution in [0.1, 0.15) is 25.8 Å². The van der Waals surface area contributed by atoms with Gasteiger partial charge >= 0.3 is 5.97 Å². The molecular formula is C16H16F2O2. The van der Waals surface area contributed by atoms with Crippen LogP contribution in [0.2, 0.25) is 0 Å². The normalized spacial score (nSPS) is 12.6. The molecule has 1 N–H and O–H groups in total. The van der Waals surface area contributed by atoms with Crippen molar-refractivity contribution < 1.29 is 18.7 Å². The number of carbonyl (C=O) groups is 1. The van der Waals surface area contributed by atoms with Crippen LogP contribution in [0.25, 0.3) is 10.8 Å². The third kappa shape index (κ3) is 2.64. The first-order valence-electron chi connectivity index (χ1n) is 6.33. The van der Waals surface area contributed by atoms with E-state index in [0.29, 0.717) is 5.39 Å². The Morgan fingerprint density at radius 2 is 1.70 bits per heavy atom. The van der Waals surface area contributed by atoms with Gasteiger partial charge in [-0.15, -0.1) is 0 Å². The minimum Gasteiger partial charge on any atom is -0.481 e. The first kappa shape index (κ1) is 14.4. The molecule has 0 aromatic heterocycles. The van der Waals surface area contributed by atoms with Crippen LogP contribution >= 0.6 is 0 Å².